The Kier molecular flexibility index (Phi) is 3.12. The van der Waals surface area contributed by atoms with Crippen molar-refractivity contribution in [1.29, 1.82) is 0 Å². The van der Waals surface area contributed by atoms with Crippen molar-refractivity contribution in [2.75, 3.05) is 6.61 Å². The van der Waals surface area contributed by atoms with E-state index in [1.54, 1.807) is 0 Å². The molecule has 1 fully saturated rings. The maximum atomic E-state index is 13.4. The Morgan fingerprint density at radius 2 is 2.21 bits per heavy atom. The number of hydrogen-bond donors (Lipinski definition) is 1. The minimum atomic E-state index is -3.17. The number of alkyl halides is 2. The van der Waals surface area contributed by atoms with Gasteiger partial charge in [-0.25, -0.2) is 4.79 Å². The van der Waals surface area contributed by atoms with Gasteiger partial charge in [0.1, 0.15) is 11.4 Å². The van der Waals surface area contributed by atoms with Crippen LogP contribution in [0.1, 0.15) is 42.0 Å². The van der Waals surface area contributed by atoms with Crippen molar-refractivity contribution in [3.05, 3.63) is 17.0 Å². The van der Waals surface area contributed by atoms with Gasteiger partial charge in [-0.3, -0.25) is 4.68 Å². The zero-order chi connectivity index (χ0) is 14.4. The average Bonchev–Trinajstić information content (AvgIpc) is 2.52. The lowest BCUT2D eigenvalue weighted by Gasteiger charge is -2.38. The molecule has 0 aromatic carbocycles. The second-order valence-electron chi connectivity index (χ2n) is 5.22. The van der Waals surface area contributed by atoms with E-state index in [-0.39, 0.29) is 17.8 Å². The first kappa shape index (κ1) is 13.9. The first-order valence-corrected chi connectivity index (χ1v) is 5.97. The fourth-order valence-corrected chi connectivity index (χ4v) is 2.25. The maximum absolute atomic E-state index is 13.4. The molecule has 0 spiro atoms. The Hall–Kier alpha value is -1.50. The Bertz CT molecular complexity index is 516. The van der Waals surface area contributed by atoms with Crippen molar-refractivity contribution in [3.8, 4) is 0 Å². The summed E-state index contributed by atoms with van der Waals surface area (Å²) in [7, 11) is 0. The van der Waals surface area contributed by atoms with Crippen LogP contribution in [-0.2, 0) is 17.2 Å². The van der Waals surface area contributed by atoms with Gasteiger partial charge in [0.15, 0.2) is 0 Å². The average molecular weight is 274 g/mol. The summed E-state index contributed by atoms with van der Waals surface area (Å²) in [5.74, 6) is -4.43. The Morgan fingerprint density at radius 1 is 1.63 bits per heavy atom. The molecule has 1 unspecified atom stereocenters. The fraction of sp³-hybridized carbons (Fsp3) is 0.667. The van der Waals surface area contributed by atoms with Crippen LogP contribution in [0.25, 0.3) is 0 Å². The molecule has 1 aromatic rings. The van der Waals surface area contributed by atoms with Crippen molar-refractivity contribution < 1.29 is 23.4 Å². The number of halogens is 2. The normalized spacial score (nSPS) is 23.2. The summed E-state index contributed by atoms with van der Waals surface area (Å²) in [6.45, 7) is 4.62. The predicted molar refractivity (Wildman–Crippen MR) is 62.5 cm³/mol. The number of aromatic nitrogens is 2. The number of aromatic carboxylic acids is 1. The summed E-state index contributed by atoms with van der Waals surface area (Å²) in [4.78, 5) is 11.2. The van der Waals surface area contributed by atoms with Gasteiger partial charge < -0.3 is 9.84 Å². The zero-order valence-corrected chi connectivity index (χ0v) is 11.0. The maximum Gasteiger partial charge on any atom is 0.354 e. The van der Waals surface area contributed by atoms with Gasteiger partial charge in [0, 0.05) is 18.9 Å². The van der Waals surface area contributed by atoms with Crippen LogP contribution in [0.15, 0.2) is 0 Å². The molecule has 1 aliphatic heterocycles. The summed E-state index contributed by atoms with van der Waals surface area (Å²) < 4.78 is 33.3. The summed E-state index contributed by atoms with van der Waals surface area (Å²) in [6, 6.07) is 0. The van der Waals surface area contributed by atoms with E-state index in [1.165, 1.54) is 6.92 Å². The standard InChI is InChI=1S/C12H16F2N2O3/c1-7-8(10(17)18)16(6-11(2)4-5-19-11)15-9(7)12(3,13)14/h4-6H2,1-3H3,(H,17,18). The van der Waals surface area contributed by atoms with E-state index in [4.69, 9.17) is 9.84 Å². The van der Waals surface area contributed by atoms with E-state index in [2.05, 4.69) is 5.10 Å². The highest BCUT2D eigenvalue weighted by atomic mass is 19.3. The van der Waals surface area contributed by atoms with Crippen molar-refractivity contribution >= 4 is 5.97 Å². The molecule has 2 heterocycles. The van der Waals surface area contributed by atoms with Gasteiger partial charge in [-0.15, -0.1) is 0 Å². The van der Waals surface area contributed by atoms with E-state index >= 15 is 0 Å². The molecule has 5 nitrogen and oxygen atoms in total. The van der Waals surface area contributed by atoms with E-state index in [0.29, 0.717) is 13.5 Å². The minimum absolute atomic E-state index is 0.00271. The molecule has 0 saturated carbocycles. The zero-order valence-electron chi connectivity index (χ0n) is 11.0. The van der Waals surface area contributed by atoms with Gasteiger partial charge in [0.05, 0.1) is 18.8 Å². The molecule has 0 bridgehead atoms. The number of carbonyl (C=O) groups is 1. The molecular formula is C12H16F2N2O3. The molecular weight excluding hydrogens is 258 g/mol. The number of rotatable bonds is 4. The van der Waals surface area contributed by atoms with Gasteiger partial charge in [0.25, 0.3) is 5.92 Å². The highest BCUT2D eigenvalue weighted by Crippen LogP contribution is 2.33. The molecule has 1 saturated heterocycles. The molecule has 1 aliphatic rings. The van der Waals surface area contributed by atoms with Gasteiger partial charge in [0.2, 0.25) is 0 Å². The summed E-state index contributed by atoms with van der Waals surface area (Å²) >= 11 is 0. The van der Waals surface area contributed by atoms with Gasteiger partial charge >= 0.3 is 5.97 Å². The number of carboxylic acid groups (broad SMARTS) is 1. The first-order chi connectivity index (χ1) is 8.64. The minimum Gasteiger partial charge on any atom is -0.477 e. The smallest absolute Gasteiger partial charge is 0.354 e. The number of nitrogens with zero attached hydrogens (tertiary/aromatic N) is 2. The first-order valence-electron chi connectivity index (χ1n) is 5.97. The highest BCUT2D eigenvalue weighted by Gasteiger charge is 2.38. The molecule has 2 rings (SSSR count). The lowest BCUT2D eigenvalue weighted by Crippen LogP contribution is -2.45. The van der Waals surface area contributed by atoms with E-state index in [9.17, 15) is 13.6 Å². The Labute approximate surface area is 109 Å². The summed E-state index contributed by atoms with van der Waals surface area (Å²) in [5.41, 5.74) is -1.22. The lowest BCUT2D eigenvalue weighted by atomic mass is 9.97. The lowest BCUT2D eigenvalue weighted by molar-refractivity contribution is -0.144. The molecule has 0 radical (unpaired) electrons. The van der Waals surface area contributed by atoms with Crippen LogP contribution >= 0.6 is 0 Å². The molecule has 0 amide bonds. The third-order valence-electron chi connectivity index (χ3n) is 3.37. The molecule has 106 valence electrons. The van der Waals surface area contributed by atoms with Gasteiger partial charge in [-0.05, 0) is 13.8 Å². The van der Waals surface area contributed by atoms with Crippen molar-refractivity contribution in [3.63, 3.8) is 0 Å². The van der Waals surface area contributed by atoms with E-state index < -0.39 is 23.2 Å². The highest BCUT2D eigenvalue weighted by molar-refractivity contribution is 5.87. The van der Waals surface area contributed by atoms with Crippen LogP contribution in [0.3, 0.4) is 0 Å². The van der Waals surface area contributed by atoms with Gasteiger partial charge in [-0.2, -0.15) is 13.9 Å². The Morgan fingerprint density at radius 3 is 2.58 bits per heavy atom. The SMILES string of the molecule is Cc1c(C(C)(F)F)nn(CC2(C)CCO2)c1C(=O)O. The van der Waals surface area contributed by atoms with Crippen LogP contribution in [0.2, 0.25) is 0 Å². The van der Waals surface area contributed by atoms with Crippen LogP contribution in [0, 0.1) is 6.92 Å². The van der Waals surface area contributed by atoms with Crippen LogP contribution < -0.4 is 0 Å². The third kappa shape index (κ3) is 2.47. The molecule has 1 atom stereocenters. The molecule has 0 aliphatic carbocycles. The number of hydrogen-bond acceptors (Lipinski definition) is 3. The number of carboxylic acids is 1. The largest absolute Gasteiger partial charge is 0.477 e. The number of ether oxygens (including phenoxy) is 1. The van der Waals surface area contributed by atoms with Crippen LogP contribution in [-0.4, -0.2) is 33.1 Å². The van der Waals surface area contributed by atoms with Crippen molar-refractivity contribution in [2.24, 2.45) is 0 Å². The van der Waals surface area contributed by atoms with Crippen LogP contribution in [0.4, 0.5) is 8.78 Å². The Balaban J connectivity index is 2.44. The van der Waals surface area contributed by atoms with Gasteiger partial charge in [-0.1, -0.05) is 0 Å². The fourth-order valence-electron chi connectivity index (χ4n) is 2.25. The molecule has 19 heavy (non-hydrogen) atoms. The molecule has 1 aromatic heterocycles. The van der Waals surface area contributed by atoms with E-state index in [1.807, 2.05) is 6.92 Å². The predicted octanol–water partition coefficient (Wildman–Crippen LogP) is 2.18. The van der Waals surface area contributed by atoms with Crippen molar-refractivity contribution in [1.82, 2.24) is 9.78 Å². The summed E-state index contributed by atoms with van der Waals surface area (Å²) in [6.07, 6.45) is 0.753. The second kappa shape index (κ2) is 4.26. The van der Waals surface area contributed by atoms with E-state index in [0.717, 1.165) is 11.1 Å². The molecule has 7 heteroatoms. The third-order valence-corrected chi connectivity index (χ3v) is 3.37. The van der Waals surface area contributed by atoms with Crippen LogP contribution in [0.5, 0.6) is 0 Å². The monoisotopic (exact) mass is 274 g/mol. The van der Waals surface area contributed by atoms with Crippen molar-refractivity contribution in [2.45, 2.75) is 45.3 Å². The second-order valence-corrected chi connectivity index (χ2v) is 5.22. The molecule has 1 N–H and O–H groups in total. The topological polar surface area (TPSA) is 64.4 Å². The quantitative estimate of drug-likeness (QED) is 0.914. The summed E-state index contributed by atoms with van der Waals surface area (Å²) in [5, 5.41) is 12.9.